The van der Waals surface area contributed by atoms with E-state index in [-0.39, 0.29) is 23.5 Å². The molecule has 3 aromatic rings. The van der Waals surface area contributed by atoms with Gasteiger partial charge < -0.3 is 10.6 Å². The van der Waals surface area contributed by atoms with Crippen LogP contribution in [-0.2, 0) is 0 Å². The molecule has 1 atom stereocenters. The number of nitrogens with one attached hydrogen (secondary N) is 2. The molecule has 0 aliphatic heterocycles. The largest absolute Gasteiger partial charge is 0.348 e. The number of nitrogens with zero attached hydrogens (tertiary/aromatic N) is 2. The second-order valence-electron chi connectivity index (χ2n) is 6.46. The van der Waals surface area contributed by atoms with E-state index in [1.54, 1.807) is 34.7 Å². The Morgan fingerprint density at radius 3 is 2.63 bits per heavy atom. The number of hydrogen-bond acceptors (Lipinski definition) is 3. The quantitative estimate of drug-likeness (QED) is 0.696. The second-order valence-corrected chi connectivity index (χ2v) is 6.87. The Morgan fingerprint density at radius 2 is 1.93 bits per heavy atom. The molecule has 0 spiro atoms. The highest BCUT2D eigenvalue weighted by molar-refractivity contribution is 6.34. The summed E-state index contributed by atoms with van der Waals surface area (Å²) in [6.07, 6.45) is 2.61. The van der Waals surface area contributed by atoms with Crippen LogP contribution in [0.15, 0.2) is 42.6 Å². The summed E-state index contributed by atoms with van der Waals surface area (Å²) >= 11 is 6.11. The average molecular weight is 385 g/mol. The first-order chi connectivity index (χ1) is 12.9. The lowest BCUT2D eigenvalue weighted by atomic mass is 10.2. The molecule has 0 saturated carbocycles. The number of halogens is 1. The molecule has 0 saturated heterocycles. The third-order valence-corrected chi connectivity index (χ3v) is 4.65. The van der Waals surface area contributed by atoms with E-state index in [2.05, 4.69) is 15.6 Å². The van der Waals surface area contributed by atoms with E-state index in [4.69, 9.17) is 11.6 Å². The van der Waals surface area contributed by atoms with E-state index in [9.17, 15) is 9.59 Å². The van der Waals surface area contributed by atoms with E-state index < -0.39 is 5.91 Å². The number of pyridine rings is 1. The number of carbonyl (C=O) groups excluding carboxylic acids is 2. The molecule has 140 valence electrons. The fraction of sp³-hybridized carbons (Fsp3) is 0.250. The summed E-state index contributed by atoms with van der Waals surface area (Å²) in [6.45, 7) is 5.84. The van der Waals surface area contributed by atoms with Crippen LogP contribution >= 0.6 is 11.6 Å². The normalized spacial score (nSPS) is 12.0. The highest BCUT2D eigenvalue weighted by Crippen LogP contribution is 2.22. The third-order valence-electron chi connectivity index (χ3n) is 4.32. The van der Waals surface area contributed by atoms with Gasteiger partial charge in [-0.25, -0.2) is 4.98 Å². The van der Waals surface area contributed by atoms with Crippen LogP contribution in [0.3, 0.4) is 0 Å². The lowest BCUT2D eigenvalue weighted by Crippen LogP contribution is -2.33. The Bertz CT molecular complexity index is 1010. The van der Waals surface area contributed by atoms with Crippen molar-refractivity contribution in [1.82, 2.24) is 14.7 Å². The number of imidazole rings is 1. The van der Waals surface area contributed by atoms with Gasteiger partial charge >= 0.3 is 0 Å². The molecule has 2 heterocycles. The lowest BCUT2D eigenvalue weighted by molar-refractivity contribution is 0.0934. The lowest BCUT2D eigenvalue weighted by Gasteiger charge is -2.13. The molecule has 3 rings (SSSR count). The van der Waals surface area contributed by atoms with Crippen LogP contribution in [0, 0.1) is 6.92 Å². The number of fused-ring (bicyclic) bond motifs is 1. The second kappa shape index (κ2) is 7.80. The Kier molecular flexibility index (Phi) is 5.46. The molecular weight excluding hydrogens is 364 g/mol. The summed E-state index contributed by atoms with van der Waals surface area (Å²) in [6, 6.07) is 10.4. The molecule has 2 aromatic heterocycles. The molecule has 2 N–H and O–H groups in total. The number of hydrogen-bond donors (Lipinski definition) is 2. The molecule has 6 nitrogen and oxygen atoms in total. The first-order valence-electron chi connectivity index (χ1n) is 8.76. The minimum absolute atomic E-state index is 0.0000199. The molecule has 1 aromatic carbocycles. The Morgan fingerprint density at radius 1 is 1.19 bits per heavy atom. The van der Waals surface area contributed by atoms with Gasteiger partial charge in [0.15, 0.2) is 11.5 Å². The van der Waals surface area contributed by atoms with Gasteiger partial charge in [0.25, 0.3) is 11.8 Å². The van der Waals surface area contributed by atoms with Crippen LogP contribution in [0.2, 0.25) is 5.02 Å². The molecule has 2 amide bonds. The number of amides is 2. The highest BCUT2D eigenvalue weighted by atomic mass is 35.5. The SMILES string of the molecule is CCC(C)NC(=O)c1c(NC(=O)c2ccccc2Cl)nc2ccc(C)cn12. The van der Waals surface area contributed by atoms with Gasteiger partial charge in [-0.2, -0.15) is 0 Å². The number of rotatable bonds is 5. The summed E-state index contributed by atoms with van der Waals surface area (Å²) in [5.74, 6) is -0.512. The van der Waals surface area contributed by atoms with Crippen molar-refractivity contribution in [2.24, 2.45) is 0 Å². The van der Waals surface area contributed by atoms with Crippen LogP contribution in [0.5, 0.6) is 0 Å². The van der Waals surface area contributed by atoms with Crippen molar-refractivity contribution in [2.75, 3.05) is 5.32 Å². The smallest absolute Gasteiger partial charge is 0.272 e. The van der Waals surface area contributed by atoms with Crippen LogP contribution in [0.4, 0.5) is 5.82 Å². The van der Waals surface area contributed by atoms with Crippen LogP contribution in [0.1, 0.15) is 46.7 Å². The van der Waals surface area contributed by atoms with E-state index in [0.717, 1.165) is 12.0 Å². The molecular formula is C20H21ClN4O2. The average Bonchev–Trinajstić information content (AvgIpc) is 2.98. The molecule has 0 fully saturated rings. The summed E-state index contributed by atoms with van der Waals surface area (Å²) in [7, 11) is 0. The van der Waals surface area contributed by atoms with Gasteiger partial charge in [-0.1, -0.05) is 36.7 Å². The fourth-order valence-electron chi connectivity index (χ4n) is 2.67. The summed E-state index contributed by atoms with van der Waals surface area (Å²) in [5.41, 5.74) is 2.15. The number of aryl methyl sites for hydroxylation is 1. The minimum atomic E-state index is -0.418. The zero-order valence-corrected chi connectivity index (χ0v) is 16.2. The van der Waals surface area contributed by atoms with Crippen molar-refractivity contribution in [3.8, 4) is 0 Å². The Hall–Kier alpha value is -2.86. The first-order valence-corrected chi connectivity index (χ1v) is 9.14. The molecule has 0 bridgehead atoms. The number of anilines is 1. The maximum atomic E-state index is 12.9. The topological polar surface area (TPSA) is 75.5 Å². The van der Waals surface area contributed by atoms with Crippen LogP contribution in [-0.4, -0.2) is 27.2 Å². The maximum Gasteiger partial charge on any atom is 0.272 e. The molecule has 0 aliphatic rings. The van der Waals surface area contributed by atoms with Crippen molar-refractivity contribution in [3.05, 3.63) is 64.4 Å². The van der Waals surface area contributed by atoms with Crippen LogP contribution in [0.25, 0.3) is 5.65 Å². The Balaban J connectivity index is 2.04. The summed E-state index contributed by atoms with van der Waals surface area (Å²) < 4.78 is 1.69. The maximum absolute atomic E-state index is 12.9. The van der Waals surface area contributed by atoms with E-state index >= 15 is 0 Å². The van der Waals surface area contributed by atoms with Gasteiger partial charge in [-0.05, 0) is 44.0 Å². The molecule has 1 unspecified atom stereocenters. The molecule has 27 heavy (non-hydrogen) atoms. The first kappa shape index (κ1) is 18.9. The molecule has 0 radical (unpaired) electrons. The third kappa shape index (κ3) is 3.95. The van der Waals surface area contributed by atoms with Crippen molar-refractivity contribution >= 4 is 34.9 Å². The predicted molar refractivity (Wildman–Crippen MR) is 107 cm³/mol. The van der Waals surface area contributed by atoms with E-state index in [0.29, 0.717) is 16.2 Å². The van der Waals surface area contributed by atoms with Crippen molar-refractivity contribution in [1.29, 1.82) is 0 Å². The van der Waals surface area contributed by atoms with E-state index in [1.807, 2.05) is 33.0 Å². The van der Waals surface area contributed by atoms with Crippen molar-refractivity contribution in [2.45, 2.75) is 33.2 Å². The van der Waals surface area contributed by atoms with E-state index in [1.165, 1.54) is 0 Å². The highest BCUT2D eigenvalue weighted by Gasteiger charge is 2.23. The number of aromatic nitrogens is 2. The van der Waals surface area contributed by atoms with Crippen molar-refractivity contribution in [3.63, 3.8) is 0 Å². The zero-order chi connectivity index (χ0) is 19.6. The molecule has 0 aliphatic carbocycles. The van der Waals surface area contributed by atoms with Gasteiger partial charge in [0.2, 0.25) is 0 Å². The van der Waals surface area contributed by atoms with Crippen molar-refractivity contribution < 1.29 is 9.59 Å². The van der Waals surface area contributed by atoms with Crippen LogP contribution < -0.4 is 10.6 Å². The van der Waals surface area contributed by atoms with Gasteiger partial charge in [-0.15, -0.1) is 0 Å². The standard InChI is InChI=1S/C20H21ClN4O2/c1-4-13(3)22-20(27)17-18(23-16-10-9-12(2)11-25(16)17)24-19(26)14-7-5-6-8-15(14)21/h5-11,13H,4H2,1-3H3,(H,22,27)(H,24,26). The number of carbonyl (C=O) groups is 2. The molecule has 7 heteroatoms. The monoisotopic (exact) mass is 384 g/mol. The van der Waals surface area contributed by atoms with Gasteiger partial charge in [0.1, 0.15) is 5.65 Å². The predicted octanol–water partition coefficient (Wildman–Crippen LogP) is 4.08. The van der Waals surface area contributed by atoms with Gasteiger partial charge in [-0.3, -0.25) is 14.0 Å². The fourth-order valence-corrected chi connectivity index (χ4v) is 2.89. The summed E-state index contributed by atoms with van der Waals surface area (Å²) in [4.78, 5) is 29.9. The van der Waals surface area contributed by atoms with Gasteiger partial charge in [0, 0.05) is 12.2 Å². The number of benzene rings is 1. The zero-order valence-electron chi connectivity index (χ0n) is 15.4. The Labute approximate surface area is 162 Å². The van der Waals surface area contributed by atoms with Gasteiger partial charge in [0.05, 0.1) is 10.6 Å². The minimum Gasteiger partial charge on any atom is -0.348 e. The summed E-state index contributed by atoms with van der Waals surface area (Å²) in [5, 5.41) is 6.00.